The highest BCUT2D eigenvalue weighted by Gasteiger charge is 2.20. The molecule has 1 atom stereocenters. The number of thiazole rings is 1. The molecular weight excluding hydrogens is 288 g/mol. The number of carboxylic acid groups (broad SMARTS) is 1. The van der Waals surface area contributed by atoms with Crippen molar-refractivity contribution < 1.29 is 14.7 Å². The Kier molecular flexibility index (Phi) is 4.70. The van der Waals surface area contributed by atoms with Crippen LogP contribution in [0.3, 0.4) is 0 Å². The molecule has 0 radical (unpaired) electrons. The van der Waals surface area contributed by atoms with E-state index in [0.29, 0.717) is 17.2 Å². The van der Waals surface area contributed by atoms with Crippen molar-refractivity contribution in [2.75, 3.05) is 5.32 Å². The van der Waals surface area contributed by atoms with E-state index in [2.05, 4.69) is 10.3 Å². The summed E-state index contributed by atoms with van der Waals surface area (Å²) < 4.78 is 0. The summed E-state index contributed by atoms with van der Waals surface area (Å²) in [5, 5.41) is 12.7. The smallest absolute Gasteiger partial charge is 0.326 e. The number of ketones is 1. The van der Waals surface area contributed by atoms with Gasteiger partial charge in [-0.2, -0.15) is 0 Å². The molecule has 2 aromatic rings. The first-order chi connectivity index (χ1) is 9.97. The summed E-state index contributed by atoms with van der Waals surface area (Å²) in [4.78, 5) is 27.7. The van der Waals surface area contributed by atoms with Crippen LogP contribution in [0.5, 0.6) is 0 Å². The molecule has 2 rings (SSSR count). The summed E-state index contributed by atoms with van der Waals surface area (Å²) in [6.07, 6.45) is 0.351. The van der Waals surface area contributed by atoms with Crippen molar-refractivity contribution in [3.63, 3.8) is 0 Å². The standard InChI is InChI=1S/C15H16N2O3S/c1-9(18)13-10(2)21-15(17-13)16-12(14(19)20)8-11-6-4-3-5-7-11/h3-7,12H,8H2,1-2H3,(H,16,17)(H,19,20)/t12-/m0/s1. The number of nitrogens with one attached hydrogen (secondary N) is 1. The minimum absolute atomic E-state index is 0.119. The van der Waals surface area contributed by atoms with E-state index < -0.39 is 12.0 Å². The third kappa shape index (κ3) is 3.88. The molecule has 21 heavy (non-hydrogen) atoms. The molecule has 0 saturated heterocycles. The maximum absolute atomic E-state index is 11.4. The molecule has 0 unspecified atom stereocenters. The summed E-state index contributed by atoms with van der Waals surface area (Å²) in [5.74, 6) is -1.07. The van der Waals surface area contributed by atoms with Crippen LogP contribution in [0.1, 0.15) is 27.9 Å². The van der Waals surface area contributed by atoms with Crippen molar-refractivity contribution in [3.05, 3.63) is 46.5 Å². The van der Waals surface area contributed by atoms with Gasteiger partial charge in [-0.05, 0) is 12.5 Å². The van der Waals surface area contributed by atoms with E-state index in [1.807, 2.05) is 30.3 Å². The number of aromatic nitrogens is 1. The molecule has 1 aromatic carbocycles. The van der Waals surface area contributed by atoms with Crippen LogP contribution in [0, 0.1) is 6.92 Å². The second-order valence-electron chi connectivity index (χ2n) is 4.70. The van der Waals surface area contributed by atoms with E-state index in [4.69, 9.17) is 0 Å². The molecule has 0 aliphatic rings. The summed E-state index contributed by atoms with van der Waals surface area (Å²) in [5.41, 5.74) is 1.32. The third-order valence-electron chi connectivity index (χ3n) is 3.01. The van der Waals surface area contributed by atoms with Gasteiger partial charge in [0.05, 0.1) is 0 Å². The van der Waals surface area contributed by atoms with Crippen molar-refractivity contribution in [1.29, 1.82) is 0 Å². The number of Topliss-reactive ketones (excluding diaryl/α,β-unsaturated/α-hetero) is 1. The lowest BCUT2D eigenvalue weighted by Gasteiger charge is -2.13. The zero-order valence-corrected chi connectivity index (χ0v) is 12.6. The van der Waals surface area contributed by atoms with Crippen molar-refractivity contribution in [2.45, 2.75) is 26.3 Å². The Morgan fingerprint density at radius 2 is 2.00 bits per heavy atom. The topological polar surface area (TPSA) is 79.3 Å². The number of rotatable bonds is 6. The molecule has 0 aliphatic carbocycles. The quantitative estimate of drug-likeness (QED) is 0.802. The molecule has 5 nitrogen and oxygen atoms in total. The maximum atomic E-state index is 11.4. The van der Waals surface area contributed by atoms with Crippen LogP contribution in [0.25, 0.3) is 0 Å². The second-order valence-corrected chi connectivity index (χ2v) is 5.91. The molecule has 6 heteroatoms. The Morgan fingerprint density at radius 1 is 1.33 bits per heavy atom. The van der Waals surface area contributed by atoms with Gasteiger partial charge in [0.15, 0.2) is 10.9 Å². The van der Waals surface area contributed by atoms with Gasteiger partial charge in [0.25, 0.3) is 0 Å². The van der Waals surface area contributed by atoms with Gasteiger partial charge in [0, 0.05) is 18.2 Å². The number of hydrogen-bond donors (Lipinski definition) is 2. The van der Waals surface area contributed by atoms with Crippen LogP contribution in [0.2, 0.25) is 0 Å². The molecule has 1 aromatic heterocycles. The molecular formula is C15H16N2O3S. The van der Waals surface area contributed by atoms with Crippen molar-refractivity contribution >= 4 is 28.2 Å². The van der Waals surface area contributed by atoms with Crippen LogP contribution in [0.15, 0.2) is 30.3 Å². The van der Waals surface area contributed by atoms with Gasteiger partial charge in [-0.1, -0.05) is 30.3 Å². The predicted octanol–water partition coefficient (Wildman–Crippen LogP) is 2.76. The van der Waals surface area contributed by atoms with E-state index in [1.54, 1.807) is 6.92 Å². The SMILES string of the molecule is CC(=O)c1nc(N[C@@H](Cc2ccccc2)C(=O)O)sc1C. The number of nitrogens with zero attached hydrogens (tertiary/aromatic N) is 1. The fraction of sp³-hybridized carbons (Fsp3) is 0.267. The number of carbonyl (C=O) groups is 2. The Morgan fingerprint density at radius 3 is 2.52 bits per heavy atom. The Labute approximate surface area is 126 Å². The van der Waals surface area contributed by atoms with E-state index >= 15 is 0 Å². The molecule has 1 heterocycles. The molecule has 0 bridgehead atoms. The first-order valence-corrected chi connectivity index (χ1v) is 7.30. The fourth-order valence-corrected chi connectivity index (χ4v) is 2.90. The Balaban J connectivity index is 2.15. The lowest BCUT2D eigenvalue weighted by atomic mass is 10.1. The molecule has 0 spiro atoms. The lowest BCUT2D eigenvalue weighted by Crippen LogP contribution is -2.31. The summed E-state index contributed by atoms with van der Waals surface area (Å²) in [6.45, 7) is 3.25. The average molecular weight is 304 g/mol. The first-order valence-electron chi connectivity index (χ1n) is 6.49. The highest BCUT2D eigenvalue weighted by molar-refractivity contribution is 7.15. The number of carbonyl (C=O) groups excluding carboxylic acids is 1. The van der Waals surface area contributed by atoms with Gasteiger partial charge in [0.2, 0.25) is 0 Å². The molecule has 110 valence electrons. The van der Waals surface area contributed by atoms with Gasteiger partial charge >= 0.3 is 5.97 Å². The summed E-state index contributed by atoms with van der Waals surface area (Å²) in [7, 11) is 0. The van der Waals surface area contributed by atoms with Gasteiger partial charge in [0.1, 0.15) is 11.7 Å². The third-order valence-corrected chi connectivity index (χ3v) is 3.91. The molecule has 2 N–H and O–H groups in total. The number of hydrogen-bond acceptors (Lipinski definition) is 5. The number of carboxylic acids is 1. The minimum Gasteiger partial charge on any atom is -0.480 e. The van der Waals surface area contributed by atoms with E-state index in [9.17, 15) is 14.7 Å². The van der Waals surface area contributed by atoms with Crippen molar-refractivity contribution in [2.24, 2.45) is 0 Å². The first kappa shape index (κ1) is 15.2. The van der Waals surface area contributed by atoms with Gasteiger partial charge < -0.3 is 10.4 Å². The van der Waals surface area contributed by atoms with Crippen LogP contribution < -0.4 is 5.32 Å². The van der Waals surface area contributed by atoms with Gasteiger partial charge in [-0.3, -0.25) is 4.79 Å². The zero-order chi connectivity index (χ0) is 15.4. The van der Waals surface area contributed by atoms with Crippen LogP contribution in [-0.4, -0.2) is 27.9 Å². The van der Waals surface area contributed by atoms with E-state index in [-0.39, 0.29) is 5.78 Å². The minimum atomic E-state index is -0.948. The highest BCUT2D eigenvalue weighted by Crippen LogP contribution is 2.23. The number of anilines is 1. The Bertz CT molecular complexity index is 652. The number of benzene rings is 1. The number of aryl methyl sites for hydroxylation is 1. The van der Waals surface area contributed by atoms with Crippen LogP contribution >= 0.6 is 11.3 Å². The number of aliphatic carboxylic acids is 1. The summed E-state index contributed by atoms with van der Waals surface area (Å²) in [6, 6.07) is 8.61. The molecule has 0 fully saturated rings. The molecule has 0 aliphatic heterocycles. The van der Waals surface area contributed by atoms with E-state index in [1.165, 1.54) is 18.3 Å². The largest absolute Gasteiger partial charge is 0.480 e. The van der Waals surface area contributed by atoms with Gasteiger partial charge in [-0.15, -0.1) is 11.3 Å². The Hall–Kier alpha value is -2.21. The van der Waals surface area contributed by atoms with Crippen LogP contribution in [-0.2, 0) is 11.2 Å². The van der Waals surface area contributed by atoms with Crippen molar-refractivity contribution in [1.82, 2.24) is 4.98 Å². The fourth-order valence-electron chi connectivity index (χ4n) is 1.98. The van der Waals surface area contributed by atoms with Crippen LogP contribution in [0.4, 0.5) is 5.13 Å². The normalized spacial score (nSPS) is 11.9. The monoisotopic (exact) mass is 304 g/mol. The van der Waals surface area contributed by atoms with E-state index in [0.717, 1.165) is 10.4 Å². The highest BCUT2D eigenvalue weighted by atomic mass is 32.1. The zero-order valence-electron chi connectivity index (χ0n) is 11.8. The van der Waals surface area contributed by atoms with Gasteiger partial charge in [-0.25, -0.2) is 9.78 Å². The predicted molar refractivity (Wildman–Crippen MR) is 82.0 cm³/mol. The molecule has 0 amide bonds. The molecule has 0 saturated carbocycles. The average Bonchev–Trinajstić information content (AvgIpc) is 2.80. The lowest BCUT2D eigenvalue weighted by molar-refractivity contribution is -0.137. The summed E-state index contributed by atoms with van der Waals surface area (Å²) >= 11 is 1.29. The van der Waals surface area contributed by atoms with Crippen molar-refractivity contribution in [3.8, 4) is 0 Å². The second kappa shape index (κ2) is 6.49. The maximum Gasteiger partial charge on any atom is 0.326 e.